The Morgan fingerprint density at radius 3 is 2.64 bits per heavy atom. The van der Waals surface area contributed by atoms with E-state index in [2.05, 4.69) is 37.4 Å². The fourth-order valence-electron chi connectivity index (χ4n) is 1.40. The van der Waals surface area contributed by atoms with Crippen molar-refractivity contribution >= 4 is 6.09 Å². The molecule has 1 N–H and O–H groups in total. The summed E-state index contributed by atoms with van der Waals surface area (Å²) in [6, 6.07) is 0. The van der Waals surface area contributed by atoms with Gasteiger partial charge in [-0.2, -0.15) is 0 Å². The number of nitrogens with one attached hydrogen (secondary N) is 1. The lowest BCUT2D eigenvalue weighted by molar-refractivity contribution is 0.175. The van der Waals surface area contributed by atoms with Gasteiger partial charge in [0, 0.05) is 6.54 Å². The van der Waals surface area contributed by atoms with Crippen LogP contribution in [0.25, 0.3) is 0 Å². The first-order valence-electron chi connectivity index (χ1n) is 5.13. The second-order valence-corrected chi connectivity index (χ2v) is 3.84. The molecule has 0 fully saturated rings. The molecule has 0 spiro atoms. The minimum Gasteiger partial charge on any atom is -0.419 e. The van der Waals surface area contributed by atoms with Crippen LogP contribution in [0.2, 0.25) is 0 Å². The molecular formula is C11H21NO2. The van der Waals surface area contributed by atoms with Crippen LogP contribution in [0, 0.1) is 5.41 Å². The number of rotatable bonds is 6. The van der Waals surface area contributed by atoms with Crippen molar-refractivity contribution in [2.75, 3.05) is 6.54 Å². The number of carbonyl (C=O) groups is 1. The predicted molar refractivity (Wildman–Crippen MR) is 58.0 cm³/mol. The lowest BCUT2D eigenvalue weighted by Gasteiger charge is -2.27. The number of carbonyl (C=O) groups excluding carboxylic acids is 1. The van der Waals surface area contributed by atoms with Gasteiger partial charge in [0.1, 0.15) is 0 Å². The van der Waals surface area contributed by atoms with Crippen molar-refractivity contribution in [3.05, 3.63) is 12.8 Å². The molecule has 1 atom stereocenters. The van der Waals surface area contributed by atoms with Gasteiger partial charge in [0.2, 0.25) is 0 Å². The van der Waals surface area contributed by atoms with Gasteiger partial charge in [0.25, 0.3) is 0 Å². The van der Waals surface area contributed by atoms with E-state index in [-0.39, 0.29) is 5.41 Å². The highest BCUT2D eigenvalue weighted by molar-refractivity contribution is 5.67. The lowest BCUT2D eigenvalue weighted by Crippen LogP contribution is -2.35. The van der Waals surface area contributed by atoms with Crippen LogP contribution in [0.5, 0.6) is 0 Å². The fourth-order valence-corrected chi connectivity index (χ4v) is 1.40. The molecule has 0 saturated heterocycles. The number of hydrogen-bond donors (Lipinski definition) is 1. The highest BCUT2D eigenvalue weighted by Crippen LogP contribution is 2.26. The highest BCUT2D eigenvalue weighted by atomic mass is 16.5. The first-order chi connectivity index (χ1) is 6.58. The van der Waals surface area contributed by atoms with Gasteiger partial charge in [0.05, 0.1) is 6.26 Å². The summed E-state index contributed by atoms with van der Waals surface area (Å²) in [5.74, 6) is 0. The van der Waals surface area contributed by atoms with Crippen molar-refractivity contribution in [1.82, 2.24) is 5.32 Å². The zero-order valence-corrected chi connectivity index (χ0v) is 9.43. The van der Waals surface area contributed by atoms with Gasteiger partial charge >= 0.3 is 6.09 Å². The van der Waals surface area contributed by atoms with Gasteiger partial charge < -0.3 is 10.1 Å². The molecule has 0 saturated carbocycles. The second-order valence-electron chi connectivity index (χ2n) is 3.84. The number of ether oxygens (including phenoxy) is 1. The van der Waals surface area contributed by atoms with Crippen molar-refractivity contribution in [1.29, 1.82) is 0 Å². The maximum absolute atomic E-state index is 11.0. The summed E-state index contributed by atoms with van der Waals surface area (Å²) in [6.45, 7) is 10.4. The van der Waals surface area contributed by atoms with Gasteiger partial charge in [0.15, 0.2) is 0 Å². The Balaban J connectivity index is 3.93. The van der Waals surface area contributed by atoms with Gasteiger partial charge in [-0.05, 0) is 18.3 Å². The molecule has 0 aromatic carbocycles. The number of alkyl carbamates (subject to hydrolysis) is 1. The Morgan fingerprint density at radius 2 is 2.21 bits per heavy atom. The molecule has 0 aliphatic rings. The molecule has 14 heavy (non-hydrogen) atoms. The van der Waals surface area contributed by atoms with Gasteiger partial charge in [-0.25, -0.2) is 4.79 Å². The minimum absolute atomic E-state index is 0.176. The average molecular weight is 199 g/mol. The van der Waals surface area contributed by atoms with E-state index >= 15 is 0 Å². The average Bonchev–Trinajstić information content (AvgIpc) is 2.16. The van der Waals surface area contributed by atoms with Gasteiger partial charge in [-0.1, -0.05) is 33.8 Å². The molecule has 0 bridgehead atoms. The van der Waals surface area contributed by atoms with Crippen LogP contribution in [0.1, 0.15) is 40.0 Å². The minimum atomic E-state index is -0.421. The summed E-state index contributed by atoms with van der Waals surface area (Å²) in [5, 5.41) is 2.73. The first kappa shape index (κ1) is 13.0. The van der Waals surface area contributed by atoms with Crippen LogP contribution in [-0.2, 0) is 4.74 Å². The van der Waals surface area contributed by atoms with Crippen LogP contribution < -0.4 is 5.32 Å². The summed E-state index contributed by atoms with van der Waals surface area (Å²) < 4.78 is 4.57. The zero-order chi connectivity index (χ0) is 11.0. The largest absolute Gasteiger partial charge is 0.419 e. The molecule has 0 radical (unpaired) electrons. The molecule has 0 heterocycles. The third-order valence-electron chi connectivity index (χ3n) is 2.56. The molecule has 3 nitrogen and oxygen atoms in total. The normalized spacial score (nSPS) is 14.2. The summed E-state index contributed by atoms with van der Waals surface area (Å²) in [7, 11) is 0. The quantitative estimate of drug-likeness (QED) is 0.668. The Hall–Kier alpha value is -0.990. The third-order valence-corrected chi connectivity index (χ3v) is 2.56. The monoisotopic (exact) mass is 199 g/mol. The van der Waals surface area contributed by atoms with Crippen molar-refractivity contribution in [3.63, 3.8) is 0 Å². The topological polar surface area (TPSA) is 38.3 Å². The van der Waals surface area contributed by atoms with E-state index in [9.17, 15) is 4.79 Å². The summed E-state index contributed by atoms with van der Waals surface area (Å²) >= 11 is 0. The number of hydrogen-bond acceptors (Lipinski definition) is 2. The van der Waals surface area contributed by atoms with Gasteiger partial charge in [-0.15, -0.1) is 0 Å². The van der Waals surface area contributed by atoms with E-state index in [1.54, 1.807) is 0 Å². The molecule has 1 amide bonds. The standard InChI is InChI=1S/C11H21NO2/c1-5-8-11(4,6-2)9-12-10(13)14-7-3/h7H,3,5-6,8-9H2,1-2,4H3,(H,12,13). The zero-order valence-electron chi connectivity index (χ0n) is 9.43. The molecule has 0 aromatic heterocycles. The van der Waals surface area contributed by atoms with Crippen molar-refractivity contribution < 1.29 is 9.53 Å². The molecule has 0 rings (SSSR count). The van der Waals surface area contributed by atoms with E-state index in [1.807, 2.05) is 0 Å². The molecule has 0 aliphatic heterocycles. The van der Waals surface area contributed by atoms with Crippen LogP contribution in [0.3, 0.4) is 0 Å². The lowest BCUT2D eigenvalue weighted by atomic mass is 9.83. The van der Waals surface area contributed by atoms with Crippen LogP contribution in [0.4, 0.5) is 4.79 Å². The van der Waals surface area contributed by atoms with Crippen molar-refractivity contribution in [3.8, 4) is 0 Å². The molecule has 0 aromatic rings. The summed E-state index contributed by atoms with van der Waals surface area (Å²) in [6.07, 6.45) is 4.00. The van der Waals surface area contributed by atoms with Crippen LogP contribution in [-0.4, -0.2) is 12.6 Å². The predicted octanol–water partition coefficient (Wildman–Crippen LogP) is 3.07. The van der Waals surface area contributed by atoms with E-state index in [0.29, 0.717) is 6.54 Å². The van der Waals surface area contributed by atoms with E-state index in [0.717, 1.165) is 25.5 Å². The molecule has 3 heteroatoms. The van der Waals surface area contributed by atoms with Crippen LogP contribution >= 0.6 is 0 Å². The van der Waals surface area contributed by atoms with Crippen LogP contribution in [0.15, 0.2) is 12.8 Å². The second kappa shape index (κ2) is 6.46. The molecule has 0 aliphatic carbocycles. The Labute approximate surface area is 86.5 Å². The van der Waals surface area contributed by atoms with E-state index < -0.39 is 6.09 Å². The SMILES string of the molecule is C=COC(=O)NCC(C)(CC)CCC. The van der Waals surface area contributed by atoms with E-state index in [4.69, 9.17) is 0 Å². The molecular weight excluding hydrogens is 178 g/mol. The maximum atomic E-state index is 11.0. The fraction of sp³-hybridized carbons (Fsp3) is 0.727. The molecule has 82 valence electrons. The van der Waals surface area contributed by atoms with E-state index in [1.165, 1.54) is 0 Å². The molecule has 1 unspecified atom stereocenters. The number of amides is 1. The first-order valence-corrected chi connectivity index (χ1v) is 5.13. The third kappa shape index (κ3) is 4.90. The van der Waals surface area contributed by atoms with Crippen molar-refractivity contribution in [2.24, 2.45) is 5.41 Å². The Kier molecular flexibility index (Phi) is 6.00. The maximum Gasteiger partial charge on any atom is 0.412 e. The van der Waals surface area contributed by atoms with Crippen molar-refractivity contribution in [2.45, 2.75) is 40.0 Å². The smallest absolute Gasteiger partial charge is 0.412 e. The Bertz CT molecular complexity index is 192. The summed E-state index contributed by atoms with van der Waals surface area (Å²) in [5.41, 5.74) is 0.176. The summed E-state index contributed by atoms with van der Waals surface area (Å²) in [4.78, 5) is 11.0. The van der Waals surface area contributed by atoms with Gasteiger partial charge in [-0.3, -0.25) is 0 Å². The highest BCUT2D eigenvalue weighted by Gasteiger charge is 2.21. The Morgan fingerprint density at radius 1 is 1.57 bits per heavy atom.